The Balaban J connectivity index is 1.61. The van der Waals surface area contributed by atoms with Crippen LogP contribution >= 0.6 is 0 Å². The zero-order valence-corrected chi connectivity index (χ0v) is 17.9. The van der Waals surface area contributed by atoms with E-state index in [4.69, 9.17) is 39.9 Å². The van der Waals surface area contributed by atoms with Crippen LogP contribution in [0.4, 0.5) is 0 Å². The van der Waals surface area contributed by atoms with Crippen LogP contribution in [-0.4, -0.2) is 149 Å². The summed E-state index contributed by atoms with van der Waals surface area (Å²) in [5.74, 6) is 0. The van der Waals surface area contributed by atoms with Crippen molar-refractivity contribution in [1.29, 1.82) is 0 Å². The first-order valence-electron chi connectivity index (χ1n) is 10.5. The topological polar surface area (TPSA) is 249 Å². The van der Waals surface area contributed by atoms with Crippen molar-refractivity contribution in [1.82, 2.24) is 0 Å². The molecule has 0 aliphatic carbocycles. The van der Waals surface area contributed by atoms with Gasteiger partial charge in [-0.1, -0.05) is 0 Å². The highest BCUT2D eigenvalue weighted by Gasteiger charge is 2.49. The third-order valence-electron chi connectivity index (χ3n) is 6.03. The first kappa shape index (κ1) is 27.0. The second kappa shape index (κ2) is 11.4. The normalized spacial score (nSPS) is 51.5. The Morgan fingerprint density at radius 1 is 0.788 bits per heavy atom. The Kier molecular flexibility index (Phi) is 9.35. The van der Waals surface area contributed by atoms with Gasteiger partial charge in [-0.2, -0.15) is 0 Å². The summed E-state index contributed by atoms with van der Waals surface area (Å²) >= 11 is 0. The highest BCUT2D eigenvalue weighted by atomic mass is 16.7. The number of rotatable bonds is 7. The van der Waals surface area contributed by atoms with E-state index in [0.29, 0.717) is 0 Å². The van der Waals surface area contributed by atoms with Crippen LogP contribution in [0.3, 0.4) is 0 Å². The largest absolute Gasteiger partial charge is 0.394 e. The number of hydrogen-bond acceptors (Lipinski definition) is 15. The van der Waals surface area contributed by atoms with E-state index in [-0.39, 0.29) is 13.2 Å². The van der Waals surface area contributed by atoms with Gasteiger partial charge in [-0.25, -0.2) is 0 Å². The lowest BCUT2D eigenvalue weighted by atomic mass is 9.97. The van der Waals surface area contributed by atoms with Gasteiger partial charge < -0.3 is 75.6 Å². The molecule has 194 valence electrons. The van der Waals surface area contributed by atoms with E-state index in [2.05, 4.69) is 0 Å². The summed E-state index contributed by atoms with van der Waals surface area (Å²) in [5.41, 5.74) is 12.2. The molecule has 3 heterocycles. The lowest BCUT2D eigenvalue weighted by molar-refractivity contribution is -0.330. The van der Waals surface area contributed by atoms with Gasteiger partial charge in [0.25, 0.3) is 0 Å². The van der Waals surface area contributed by atoms with E-state index >= 15 is 0 Å². The van der Waals surface area contributed by atoms with Crippen LogP contribution in [0.1, 0.15) is 0 Å². The summed E-state index contributed by atoms with van der Waals surface area (Å²) in [7, 11) is 1.26. The highest BCUT2D eigenvalue weighted by Crippen LogP contribution is 2.27. The molecule has 0 amide bonds. The minimum atomic E-state index is -1.64. The minimum Gasteiger partial charge on any atom is -0.394 e. The molecule has 15 heteroatoms. The van der Waals surface area contributed by atoms with E-state index < -0.39 is 92.5 Å². The maximum Gasteiger partial charge on any atom is 0.187 e. The molecule has 0 spiro atoms. The number of nitrogens with two attached hydrogens (primary N) is 2. The van der Waals surface area contributed by atoms with Gasteiger partial charge >= 0.3 is 0 Å². The summed E-state index contributed by atoms with van der Waals surface area (Å²) in [6, 6.07) is -1.81. The Bertz CT molecular complexity index is 616. The molecule has 15 nitrogen and oxygen atoms in total. The third-order valence-corrected chi connectivity index (χ3v) is 6.03. The van der Waals surface area contributed by atoms with Crippen LogP contribution in [-0.2, 0) is 28.4 Å². The number of aliphatic hydroxyl groups excluding tert-OH is 7. The Morgan fingerprint density at radius 2 is 1.36 bits per heavy atom. The van der Waals surface area contributed by atoms with Crippen LogP contribution in [0.15, 0.2) is 0 Å². The van der Waals surface area contributed by atoms with Crippen molar-refractivity contribution in [2.45, 2.75) is 85.9 Å². The molecule has 3 rings (SSSR count). The van der Waals surface area contributed by atoms with Gasteiger partial charge in [-0.05, 0) is 0 Å². The lowest BCUT2D eigenvalue weighted by Crippen LogP contribution is -2.66. The highest BCUT2D eigenvalue weighted by molar-refractivity contribution is 4.95. The summed E-state index contributed by atoms with van der Waals surface area (Å²) in [5, 5.41) is 69.3. The third kappa shape index (κ3) is 5.64. The molecule has 3 saturated heterocycles. The maximum atomic E-state index is 10.2. The van der Waals surface area contributed by atoms with Crippen molar-refractivity contribution < 1.29 is 64.2 Å². The molecule has 3 aliphatic rings. The number of aliphatic hydroxyl groups is 7. The Hall–Kier alpha value is -0.600. The Labute approximate surface area is 189 Å². The first-order chi connectivity index (χ1) is 15.6. The fourth-order valence-corrected chi connectivity index (χ4v) is 3.98. The van der Waals surface area contributed by atoms with Crippen molar-refractivity contribution >= 4 is 0 Å². The summed E-state index contributed by atoms with van der Waals surface area (Å²) in [6.45, 7) is -1.00. The van der Waals surface area contributed by atoms with Gasteiger partial charge in [0.1, 0.15) is 48.8 Å². The average Bonchev–Trinajstić information content (AvgIpc) is 2.80. The molecule has 0 aromatic carbocycles. The Morgan fingerprint density at radius 3 is 1.97 bits per heavy atom. The minimum absolute atomic E-state index is 0.0728. The molecule has 0 saturated carbocycles. The second-order valence-corrected chi connectivity index (χ2v) is 8.32. The van der Waals surface area contributed by atoms with Crippen LogP contribution in [0, 0.1) is 0 Å². The molecule has 33 heavy (non-hydrogen) atoms. The SMILES string of the molecule is CO[C@H]1O[C@H](CO[C@@H]2OC[C@@H](N)[C@H](O[C@@H]3O[C@H](CO)[C@H](O)[C@H](O)[C@H]3O)[C@H]2N)[C@@H](O)[C@H](O)[C@@H]1O. The maximum absolute atomic E-state index is 10.2. The van der Waals surface area contributed by atoms with Gasteiger partial charge in [0, 0.05) is 7.11 Å². The van der Waals surface area contributed by atoms with E-state index in [1.54, 1.807) is 0 Å². The smallest absolute Gasteiger partial charge is 0.187 e. The van der Waals surface area contributed by atoms with Crippen molar-refractivity contribution in [2.75, 3.05) is 26.9 Å². The second-order valence-electron chi connectivity index (χ2n) is 8.32. The standard InChI is InChI=1S/C18H34N2O13/c1-28-17-13(26)12(25)10(23)7(32-17)4-30-16-8(20)15(5(19)3-29-16)33-18-14(27)11(24)9(22)6(2-21)31-18/h5-18,21-27H,2-4,19-20H2,1H3/t5-,6-,7-,8-,9+,10-,11+,12+,13+,14-,15+,16+,17+,18+/m1/s1. The molecule has 14 atom stereocenters. The van der Waals surface area contributed by atoms with E-state index in [1.807, 2.05) is 0 Å². The predicted molar refractivity (Wildman–Crippen MR) is 104 cm³/mol. The van der Waals surface area contributed by atoms with Gasteiger partial charge in [0.15, 0.2) is 18.9 Å². The van der Waals surface area contributed by atoms with Crippen molar-refractivity contribution in [2.24, 2.45) is 11.5 Å². The predicted octanol–water partition coefficient (Wildman–Crippen LogP) is -6.35. The molecule has 3 fully saturated rings. The summed E-state index contributed by atoms with van der Waals surface area (Å²) in [4.78, 5) is 0. The van der Waals surface area contributed by atoms with Crippen LogP contribution in [0.25, 0.3) is 0 Å². The molecule has 0 unspecified atom stereocenters. The monoisotopic (exact) mass is 486 g/mol. The van der Waals surface area contributed by atoms with Gasteiger partial charge in [0.05, 0.1) is 38.0 Å². The van der Waals surface area contributed by atoms with E-state index in [0.717, 1.165) is 0 Å². The molecule has 0 aromatic heterocycles. The molecular weight excluding hydrogens is 452 g/mol. The molecule has 11 N–H and O–H groups in total. The van der Waals surface area contributed by atoms with Gasteiger partial charge in [-0.15, -0.1) is 0 Å². The summed E-state index contributed by atoms with van der Waals surface area (Å²) in [6.07, 6.45) is -16.3. The first-order valence-corrected chi connectivity index (χ1v) is 10.5. The summed E-state index contributed by atoms with van der Waals surface area (Å²) < 4.78 is 32.5. The van der Waals surface area contributed by atoms with Crippen LogP contribution in [0.5, 0.6) is 0 Å². The fraction of sp³-hybridized carbons (Fsp3) is 1.00. The van der Waals surface area contributed by atoms with Crippen molar-refractivity contribution in [3.8, 4) is 0 Å². The zero-order chi connectivity index (χ0) is 24.4. The molecule has 0 bridgehead atoms. The van der Waals surface area contributed by atoms with E-state index in [9.17, 15) is 35.7 Å². The van der Waals surface area contributed by atoms with Gasteiger partial charge in [-0.3, -0.25) is 0 Å². The van der Waals surface area contributed by atoms with Crippen LogP contribution < -0.4 is 11.5 Å². The molecule has 3 aliphatic heterocycles. The van der Waals surface area contributed by atoms with E-state index in [1.165, 1.54) is 7.11 Å². The van der Waals surface area contributed by atoms with Crippen molar-refractivity contribution in [3.05, 3.63) is 0 Å². The molecule has 0 radical (unpaired) electrons. The number of methoxy groups -OCH3 is 1. The average molecular weight is 486 g/mol. The molecule has 0 aromatic rings. The fourth-order valence-electron chi connectivity index (χ4n) is 3.98. The lowest BCUT2D eigenvalue weighted by Gasteiger charge is -2.45. The quantitative estimate of drug-likeness (QED) is 0.162. The zero-order valence-electron chi connectivity index (χ0n) is 17.9. The van der Waals surface area contributed by atoms with Gasteiger partial charge in [0.2, 0.25) is 0 Å². The number of hydrogen-bond donors (Lipinski definition) is 9. The van der Waals surface area contributed by atoms with Crippen LogP contribution in [0.2, 0.25) is 0 Å². The number of ether oxygens (including phenoxy) is 6. The molecular formula is C18H34N2O13. The van der Waals surface area contributed by atoms with Crippen molar-refractivity contribution in [3.63, 3.8) is 0 Å².